The molecule has 0 saturated carbocycles. The molecule has 0 bridgehead atoms. The van der Waals surface area contributed by atoms with E-state index < -0.39 is 23.3 Å². The molecule has 1 heterocycles. The molecule has 3 aromatic rings. The van der Waals surface area contributed by atoms with Crippen molar-refractivity contribution < 1.29 is 14.7 Å². The first kappa shape index (κ1) is 19.4. The zero-order valence-electron chi connectivity index (χ0n) is 15.8. The van der Waals surface area contributed by atoms with Crippen molar-refractivity contribution in [2.75, 3.05) is 0 Å². The number of rotatable bonds is 6. The fraction of sp³-hybridized carbons (Fsp3) is 0.227. The van der Waals surface area contributed by atoms with E-state index in [1.165, 1.54) is 6.20 Å². The van der Waals surface area contributed by atoms with Crippen molar-refractivity contribution in [3.63, 3.8) is 0 Å². The largest absolute Gasteiger partial charge is 0.480 e. The van der Waals surface area contributed by atoms with E-state index in [0.717, 1.165) is 5.56 Å². The standard InChI is InChI=1S/C22H22N2O4/c1-14(2)19(22(27)28)23-21(26)17-13-24(12-15-8-4-3-5-9-15)18-11-7-6-10-16(18)20(17)25/h3-11,13-14,19H,12H2,1-2H3,(H,23,26)(H,27,28)/t19-/m0/s1. The van der Waals surface area contributed by atoms with Crippen LogP contribution < -0.4 is 10.7 Å². The number of fused-ring (bicyclic) bond motifs is 1. The van der Waals surface area contributed by atoms with E-state index >= 15 is 0 Å². The molecule has 0 radical (unpaired) electrons. The number of carboxylic acid groups (broad SMARTS) is 1. The van der Waals surface area contributed by atoms with E-state index in [0.29, 0.717) is 17.4 Å². The van der Waals surface area contributed by atoms with Gasteiger partial charge >= 0.3 is 5.97 Å². The molecule has 0 unspecified atom stereocenters. The lowest BCUT2D eigenvalue weighted by molar-refractivity contribution is -0.140. The summed E-state index contributed by atoms with van der Waals surface area (Å²) in [5, 5.41) is 12.2. The van der Waals surface area contributed by atoms with Crippen molar-refractivity contribution in [3.8, 4) is 0 Å². The van der Waals surface area contributed by atoms with Crippen LogP contribution >= 0.6 is 0 Å². The third kappa shape index (κ3) is 3.96. The van der Waals surface area contributed by atoms with E-state index in [1.807, 2.05) is 47.0 Å². The Balaban J connectivity index is 2.08. The number of benzene rings is 2. The molecular formula is C22H22N2O4. The minimum Gasteiger partial charge on any atom is -0.480 e. The lowest BCUT2D eigenvalue weighted by atomic mass is 10.0. The van der Waals surface area contributed by atoms with Crippen LogP contribution in [0.5, 0.6) is 0 Å². The normalized spacial score (nSPS) is 12.1. The van der Waals surface area contributed by atoms with Crippen LogP contribution in [0.3, 0.4) is 0 Å². The smallest absolute Gasteiger partial charge is 0.326 e. The lowest BCUT2D eigenvalue weighted by Gasteiger charge is -2.19. The second-order valence-electron chi connectivity index (χ2n) is 7.04. The van der Waals surface area contributed by atoms with Gasteiger partial charge in [-0.1, -0.05) is 56.3 Å². The Labute approximate surface area is 162 Å². The minimum atomic E-state index is -1.13. The second kappa shape index (κ2) is 8.08. The number of pyridine rings is 1. The van der Waals surface area contributed by atoms with Gasteiger partial charge in [-0.15, -0.1) is 0 Å². The number of aromatic nitrogens is 1. The molecule has 1 amide bonds. The van der Waals surface area contributed by atoms with Gasteiger partial charge in [0, 0.05) is 18.1 Å². The molecular weight excluding hydrogens is 356 g/mol. The Bertz CT molecular complexity index is 1070. The van der Waals surface area contributed by atoms with Gasteiger partial charge in [0.25, 0.3) is 5.91 Å². The second-order valence-corrected chi connectivity index (χ2v) is 7.04. The summed E-state index contributed by atoms with van der Waals surface area (Å²) in [5.41, 5.74) is 1.26. The van der Waals surface area contributed by atoms with Crippen LogP contribution in [0.25, 0.3) is 10.9 Å². The minimum absolute atomic E-state index is 0.0680. The van der Waals surface area contributed by atoms with Crippen molar-refractivity contribution >= 4 is 22.8 Å². The number of amides is 1. The highest BCUT2D eigenvalue weighted by Crippen LogP contribution is 2.15. The average Bonchev–Trinajstić information content (AvgIpc) is 2.68. The summed E-state index contributed by atoms with van der Waals surface area (Å²) < 4.78 is 1.84. The van der Waals surface area contributed by atoms with Gasteiger partial charge in [-0.3, -0.25) is 9.59 Å². The van der Waals surface area contributed by atoms with Gasteiger partial charge in [-0.2, -0.15) is 0 Å². The number of hydrogen-bond acceptors (Lipinski definition) is 3. The summed E-state index contributed by atoms with van der Waals surface area (Å²) in [6.07, 6.45) is 1.51. The molecule has 2 N–H and O–H groups in total. The highest BCUT2D eigenvalue weighted by atomic mass is 16.4. The molecule has 1 atom stereocenters. The van der Waals surface area contributed by atoms with Gasteiger partial charge in [0.2, 0.25) is 5.43 Å². The number of nitrogens with one attached hydrogen (secondary N) is 1. The van der Waals surface area contributed by atoms with Crippen molar-refractivity contribution in [2.45, 2.75) is 26.4 Å². The van der Waals surface area contributed by atoms with E-state index in [9.17, 15) is 19.5 Å². The number of nitrogens with zero attached hydrogens (tertiary/aromatic N) is 1. The van der Waals surface area contributed by atoms with E-state index in [1.54, 1.807) is 26.0 Å². The molecule has 144 valence electrons. The monoisotopic (exact) mass is 378 g/mol. The first-order chi connectivity index (χ1) is 13.4. The van der Waals surface area contributed by atoms with Crippen LogP contribution in [0.1, 0.15) is 29.8 Å². The molecule has 28 heavy (non-hydrogen) atoms. The number of carboxylic acids is 1. The molecule has 6 nitrogen and oxygen atoms in total. The zero-order valence-corrected chi connectivity index (χ0v) is 15.8. The molecule has 3 rings (SSSR count). The topological polar surface area (TPSA) is 88.4 Å². The molecule has 6 heteroatoms. The van der Waals surface area contributed by atoms with Gasteiger partial charge in [0.05, 0.1) is 5.52 Å². The predicted molar refractivity (Wildman–Crippen MR) is 107 cm³/mol. The number of hydrogen-bond donors (Lipinski definition) is 2. The maximum Gasteiger partial charge on any atom is 0.326 e. The highest BCUT2D eigenvalue weighted by molar-refractivity contribution is 5.99. The molecule has 1 aromatic heterocycles. The summed E-state index contributed by atoms with van der Waals surface area (Å²) in [6.45, 7) is 3.88. The van der Waals surface area contributed by atoms with Gasteiger partial charge in [0.1, 0.15) is 11.6 Å². The van der Waals surface area contributed by atoms with Crippen molar-refractivity contribution in [2.24, 2.45) is 5.92 Å². The molecule has 0 aliphatic rings. The maximum absolute atomic E-state index is 12.9. The number of aliphatic carboxylic acids is 1. The predicted octanol–water partition coefficient (Wildman–Crippen LogP) is 2.89. The molecule has 0 spiro atoms. The van der Waals surface area contributed by atoms with Crippen LogP contribution in [-0.2, 0) is 11.3 Å². The van der Waals surface area contributed by atoms with Crippen molar-refractivity contribution in [3.05, 3.63) is 82.1 Å². The number of para-hydroxylation sites is 1. The Morgan fingerprint density at radius 1 is 1.04 bits per heavy atom. The summed E-state index contributed by atoms with van der Waals surface area (Å²) >= 11 is 0. The van der Waals surface area contributed by atoms with Gasteiger partial charge in [-0.25, -0.2) is 4.79 Å². The van der Waals surface area contributed by atoms with Crippen LogP contribution in [0.2, 0.25) is 0 Å². The highest BCUT2D eigenvalue weighted by Gasteiger charge is 2.25. The quantitative estimate of drug-likeness (QED) is 0.690. The first-order valence-electron chi connectivity index (χ1n) is 9.08. The zero-order chi connectivity index (χ0) is 20.3. The summed E-state index contributed by atoms with van der Waals surface area (Å²) in [6, 6.07) is 15.7. The third-order valence-electron chi connectivity index (χ3n) is 4.65. The van der Waals surface area contributed by atoms with E-state index in [-0.39, 0.29) is 11.5 Å². The van der Waals surface area contributed by atoms with Crippen LogP contribution in [-0.4, -0.2) is 27.6 Å². The van der Waals surface area contributed by atoms with E-state index in [2.05, 4.69) is 5.32 Å². The molecule has 0 saturated heterocycles. The Hall–Kier alpha value is -3.41. The Kier molecular flexibility index (Phi) is 5.59. The van der Waals surface area contributed by atoms with Crippen LogP contribution in [0, 0.1) is 5.92 Å². The van der Waals surface area contributed by atoms with Gasteiger partial charge in [-0.05, 0) is 23.6 Å². The van der Waals surface area contributed by atoms with E-state index in [4.69, 9.17) is 0 Å². The Morgan fingerprint density at radius 2 is 1.68 bits per heavy atom. The molecule has 0 aliphatic carbocycles. The number of carbonyl (C=O) groups is 2. The molecule has 0 aliphatic heterocycles. The van der Waals surface area contributed by atoms with Gasteiger partial charge < -0.3 is 15.0 Å². The van der Waals surface area contributed by atoms with Crippen LogP contribution in [0.15, 0.2) is 65.6 Å². The Morgan fingerprint density at radius 3 is 2.32 bits per heavy atom. The van der Waals surface area contributed by atoms with Gasteiger partial charge in [0.15, 0.2) is 0 Å². The third-order valence-corrected chi connectivity index (χ3v) is 4.65. The molecule has 2 aromatic carbocycles. The van der Waals surface area contributed by atoms with Crippen LogP contribution in [0.4, 0.5) is 0 Å². The fourth-order valence-electron chi connectivity index (χ4n) is 3.15. The summed E-state index contributed by atoms with van der Waals surface area (Å²) in [7, 11) is 0. The maximum atomic E-state index is 12.9. The number of carbonyl (C=O) groups excluding carboxylic acids is 1. The SMILES string of the molecule is CC(C)[C@H](NC(=O)c1cn(Cc2ccccc2)c2ccccc2c1=O)C(=O)O. The summed E-state index contributed by atoms with van der Waals surface area (Å²) in [5.74, 6) is -2.12. The average molecular weight is 378 g/mol. The lowest BCUT2D eigenvalue weighted by Crippen LogP contribution is -2.45. The van der Waals surface area contributed by atoms with Crippen molar-refractivity contribution in [1.82, 2.24) is 9.88 Å². The van der Waals surface area contributed by atoms with Crippen molar-refractivity contribution in [1.29, 1.82) is 0 Å². The summed E-state index contributed by atoms with van der Waals surface area (Å²) in [4.78, 5) is 37.0. The molecule has 0 fully saturated rings. The first-order valence-corrected chi connectivity index (χ1v) is 9.08. The fourth-order valence-corrected chi connectivity index (χ4v) is 3.15.